The number of hydrogen-bond donors (Lipinski definition) is 0. The Labute approximate surface area is 146 Å². The smallest absolute Gasteiger partial charge is 0.00314 e. The zero-order chi connectivity index (χ0) is 16.1. The summed E-state index contributed by atoms with van der Waals surface area (Å²) in [6, 6.07) is 10.7. The van der Waals surface area contributed by atoms with Crippen LogP contribution < -0.4 is 0 Å². The summed E-state index contributed by atoms with van der Waals surface area (Å²) in [5.41, 5.74) is 2.92. The molecule has 0 saturated heterocycles. The van der Waals surface area contributed by atoms with Gasteiger partial charge in [-0.25, -0.2) is 0 Å². The summed E-state index contributed by atoms with van der Waals surface area (Å²) in [7, 11) is 1.42. The third-order valence-electron chi connectivity index (χ3n) is 6.99. The summed E-state index contributed by atoms with van der Waals surface area (Å²) in [6.07, 6.45) is 15.0. The molecule has 2 fully saturated rings. The average Bonchev–Trinajstić information content (AvgIpc) is 2.62. The molecule has 0 nitrogen and oxygen atoms in total. The molecule has 1 aromatic carbocycles. The minimum Gasteiger partial charge on any atom is -0.0631 e. The summed E-state index contributed by atoms with van der Waals surface area (Å²) < 4.78 is 0. The van der Waals surface area contributed by atoms with E-state index in [2.05, 4.69) is 31.2 Å². The van der Waals surface area contributed by atoms with E-state index in [0.717, 1.165) is 23.7 Å². The van der Waals surface area contributed by atoms with Gasteiger partial charge < -0.3 is 0 Å². The first-order chi connectivity index (χ1) is 11.2. The van der Waals surface area contributed by atoms with Gasteiger partial charge in [-0.2, -0.15) is 0 Å². The van der Waals surface area contributed by atoms with E-state index in [1.165, 1.54) is 54.3 Å². The maximum atomic E-state index is 2.33. The summed E-state index contributed by atoms with van der Waals surface area (Å²) >= 11 is 0. The van der Waals surface area contributed by atoms with E-state index < -0.39 is 0 Å². The highest BCUT2D eigenvalue weighted by molar-refractivity contribution is 6.08. The van der Waals surface area contributed by atoms with Crippen molar-refractivity contribution < 1.29 is 0 Å². The van der Waals surface area contributed by atoms with Gasteiger partial charge in [-0.15, -0.1) is 0 Å². The predicted molar refractivity (Wildman–Crippen MR) is 105 cm³/mol. The molecule has 1 heteroatoms. The van der Waals surface area contributed by atoms with Crippen molar-refractivity contribution in [2.75, 3.05) is 0 Å². The fraction of sp³-hybridized carbons (Fsp3) is 0.727. The van der Waals surface area contributed by atoms with Crippen LogP contribution >= 0.6 is 0 Å². The van der Waals surface area contributed by atoms with Crippen LogP contribution in [0.3, 0.4) is 0 Å². The summed E-state index contributed by atoms with van der Waals surface area (Å²) in [6.45, 7) is 2.18. The highest BCUT2D eigenvalue weighted by Gasteiger charge is 2.30. The van der Waals surface area contributed by atoms with Crippen LogP contribution in [0.4, 0.5) is 0 Å². The largest absolute Gasteiger partial charge is 0.0631 e. The van der Waals surface area contributed by atoms with Crippen LogP contribution in [0.15, 0.2) is 24.3 Å². The second kappa shape index (κ2) is 8.51. The van der Waals surface area contributed by atoms with E-state index >= 15 is 0 Å². The van der Waals surface area contributed by atoms with Crippen molar-refractivity contribution in [3.63, 3.8) is 0 Å². The molecule has 0 atom stereocenters. The molecular formula is C22H36Si. The predicted octanol–water partition coefficient (Wildman–Crippen LogP) is 5.32. The Balaban J connectivity index is 1.38. The van der Waals surface area contributed by atoms with Crippen LogP contribution in [-0.4, -0.2) is 10.2 Å². The molecule has 0 aromatic heterocycles. The van der Waals surface area contributed by atoms with Crippen molar-refractivity contribution in [2.24, 2.45) is 23.7 Å². The maximum absolute atomic E-state index is 2.33. The van der Waals surface area contributed by atoms with Gasteiger partial charge in [-0.05, 0) is 74.7 Å². The fourth-order valence-electron chi connectivity index (χ4n) is 5.14. The Morgan fingerprint density at radius 2 is 1.30 bits per heavy atom. The van der Waals surface area contributed by atoms with Crippen molar-refractivity contribution in [2.45, 2.75) is 77.2 Å². The lowest BCUT2D eigenvalue weighted by Crippen LogP contribution is -2.26. The molecule has 0 radical (unpaired) electrons. The van der Waals surface area contributed by atoms with Crippen molar-refractivity contribution in [1.29, 1.82) is 0 Å². The second-order valence-electron chi connectivity index (χ2n) is 8.49. The molecule has 0 aliphatic heterocycles. The second-order valence-corrected chi connectivity index (χ2v) is 9.31. The van der Waals surface area contributed by atoms with Crippen LogP contribution in [-0.2, 0) is 6.42 Å². The molecule has 0 bridgehead atoms. The Morgan fingerprint density at radius 1 is 0.783 bits per heavy atom. The molecule has 0 N–H and O–H groups in total. The Morgan fingerprint density at radius 3 is 1.83 bits per heavy atom. The molecule has 0 amide bonds. The average molecular weight is 329 g/mol. The number of rotatable bonds is 5. The van der Waals surface area contributed by atoms with Crippen LogP contribution in [0.1, 0.15) is 68.9 Å². The van der Waals surface area contributed by atoms with Gasteiger partial charge in [0.05, 0.1) is 0 Å². The lowest BCUT2D eigenvalue weighted by Gasteiger charge is -2.37. The summed E-state index contributed by atoms with van der Waals surface area (Å²) in [4.78, 5) is 0. The molecular weight excluding hydrogens is 292 g/mol. The lowest BCUT2D eigenvalue weighted by molar-refractivity contribution is 0.148. The molecule has 2 aliphatic carbocycles. The molecule has 0 spiro atoms. The maximum Gasteiger partial charge on any atom is 0.00314 e. The molecule has 2 aliphatic rings. The van der Waals surface area contributed by atoms with Crippen LogP contribution in [0.25, 0.3) is 0 Å². The van der Waals surface area contributed by atoms with Crippen molar-refractivity contribution in [3.05, 3.63) is 35.4 Å². The fourth-order valence-corrected chi connectivity index (χ4v) is 5.96. The monoisotopic (exact) mass is 328 g/mol. The van der Waals surface area contributed by atoms with Gasteiger partial charge in [0.25, 0.3) is 0 Å². The summed E-state index contributed by atoms with van der Waals surface area (Å²) in [5.74, 6) is 4.30. The first kappa shape index (κ1) is 17.3. The van der Waals surface area contributed by atoms with E-state index in [4.69, 9.17) is 0 Å². The van der Waals surface area contributed by atoms with Crippen molar-refractivity contribution in [3.8, 4) is 0 Å². The van der Waals surface area contributed by atoms with E-state index in [-0.39, 0.29) is 0 Å². The lowest BCUT2D eigenvalue weighted by atomic mass is 9.69. The Hall–Kier alpha value is -0.563. The van der Waals surface area contributed by atoms with Gasteiger partial charge in [0.1, 0.15) is 0 Å². The van der Waals surface area contributed by atoms with Crippen LogP contribution in [0.2, 0.25) is 6.04 Å². The molecule has 3 rings (SSSR count). The van der Waals surface area contributed by atoms with Gasteiger partial charge in [0.15, 0.2) is 0 Å². The molecule has 0 heterocycles. The number of benzene rings is 1. The van der Waals surface area contributed by atoms with Crippen molar-refractivity contribution in [1.82, 2.24) is 0 Å². The minimum atomic E-state index is 1.01. The number of aryl methyl sites for hydroxylation is 2. The molecule has 0 unspecified atom stereocenters. The molecule has 1 aromatic rings. The van der Waals surface area contributed by atoms with E-state index in [1.807, 2.05) is 0 Å². The third-order valence-corrected chi connectivity index (χ3v) is 8.14. The first-order valence-electron chi connectivity index (χ1n) is 10.3. The number of hydrogen-bond acceptors (Lipinski definition) is 0. The quantitative estimate of drug-likeness (QED) is 0.641. The third kappa shape index (κ3) is 4.95. The first-order valence-corrected chi connectivity index (χ1v) is 11.7. The van der Waals surface area contributed by atoms with Crippen LogP contribution in [0, 0.1) is 30.6 Å². The van der Waals surface area contributed by atoms with E-state index in [0.29, 0.717) is 0 Å². The zero-order valence-electron chi connectivity index (χ0n) is 15.4. The van der Waals surface area contributed by atoms with Crippen molar-refractivity contribution >= 4 is 10.2 Å². The Kier molecular flexibility index (Phi) is 6.39. The Bertz CT molecular complexity index is 447. The molecule has 128 valence electrons. The molecule has 2 saturated carbocycles. The van der Waals surface area contributed by atoms with Gasteiger partial charge >= 0.3 is 0 Å². The van der Waals surface area contributed by atoms with Crippen LogP contribution in [0.5, 0.6) is 0 Å². The topological polar surface area (TPSA) is 0 Å². The highest BCUT2D eigenvalue weighted by Crippen LogP contribution is 2.42. The van der Waals surface area contributed by atoms with E-state index in [9.17, 15) is 0 Å². The van der Waals surface area contributed by atoms with Gasteiger partial charge in [0.2, 0.25) is 0 Å². The standard InChI is InChI=1S/C22H36Si/c1-17-2-4-18(5-3-17)6-7-19-8-12-21(13-9-19)22-14-10-20(16-23)11-15-22/h2-5,19-22H,6-16H2,1,23H3. The van der Waals surface area contributed by atoms with Gasteiger partial charge in [-0.3, -0.25) is 0 Å². The van der Waals surface area contributed by atoms with E-state index in [1.54, 1.807) is 37.3 Å². The molecule has 23 heavy (non-hydrogen) atoms. The minimum absolute atomic E-state index is 1.01. The highest BCUT2D eigenvalue weighted by atomic mass is 28.1. The van der Waals surface area contributed by atoms with Gasteiger partial charge in [0, 0.05) is 10.2 Å². The van der Waals surface area contributed by atoms with Gasteiger partial charge in [-0.1, -0.05) is 61.6 Å². The SMILES string of the molecule is Cc1ccc(CCC2CCC(C3CCC(C[SiH3])CC3)CC2)cc1. The summed E-state index contributed by atoms with van der Waals surface area (Å²) in [5, 5.41) is 0. The zero-order valence-corrected chi connectivity index (χ0v) is 17.4. The normalized spacial score (nSPS) is 32.0.